The van der Waals surface area contributed by atoms with E-state index in [9.17, 15) is 4.79 Å². The third-order valence-electron chi connectivity index (χ3n) is 5.32. The Balaban J connectivity index is 1.59. The second kappa shape index (κ2) is 8.80. The van der Waals surface area contributed by atoms with Crippen LogP contribution in [0.4, 0.5) is 5.69 Å². The predicted molar refractivity (Wildman–Crippen MR) is 130 cm³/mol. The maximum absolute atomic E-state index is 12.6. The van der Waals surface area contributed by atoms with Gasteiger partial charge in [0, 0.05) is 11.1 Å². The van der Waals surface area contributed by atoms with E-state index in [0.717, 1.165) is 33.4 Å². The highest BCUT2D eigenvalue weighted by Gasteiger charge is 2.15. The van der Waals surface area contributed by atoms with Crippen LogP contribution in [-0.2, 0) is 0 Å². The average molecular weight is 446 g/mol. The van der Waals surface area contributed by atoms with Gasteiger partial charge in [-0.3, -0.25) is 10.1 Å². The number of thiocarbonyl (C=S) groups is 1. The molecule has 0 saturated carbocycles. The van der Waals surface area contributed by atoms with Crippen LogP contribution in [0.15, 0.2) is 59.0 Å². The summed E-state index contributed by atoms with van der Waals surface area (Å²) in [6.45, 7) is 5.96. The monoisotopic (exact) mass is 445 g/mol. The van der Waals surface area contributed by atoms with Gasteiger partial charge in [-0.15, -0.1) is 0 Å². The van der Waals surface area contributed by atoms with E-state index in [0.29, 0.717) is 22.9 Å². The first-order valence-electron chi connectivity index (χ1n) is 10.1. The highest BCUT2D eigenvalue weighted by molar-refractivity contribution is 7.80. The standard InChI is InChI=1S/C25H23N3O3S/c1-14-7-5-6-8-18(14)23(29)28-25(32)27-20-13-17(9-10-21(20)30-4)24-26-19-11-15(2)16(3)12-22(19)31-24/h5-13H,1-4H3,(H2,27,28,29,32). The number of amides is 1. The molecule has 0 radical (unpaired) electrons. The number of rotatable bonds is 4. The fourth-order valence-electron chi connectivity index (χ4n) is 3.39. The highest BCUT2D eigenvalue weighted by atomic mass is 32.1. The third kappa shape index (κ3) is 4.33. The Morgan fingerprint density at radius 3 is 2.50 bits per heavy atom. The van der Waals surface area contributed by atoms with Crippen molar-refractivity contribution < 1.29 is 13.9 Å². The Bertz CT molecular complexity index is 1300. The molecule has 6 nitrogen and oxygen atoms in total. The molecule has 0 fully saturated rings. The van der Waals surface area contributed by atoms with Gasteiger partial charge in [-0.05, 0) is 86.1 Å². The first-order valence-corrected chi connectivity index (χ1v) is 10.5. The minimum Gasteiger partial charge on any atom is -0.495 e. The molecule has 32 heavy (non-hydrogen) atoms. The molecule has 7 heteroatoms. The number of nitrogens with zero attached hydrogens (tertiary/aromatic N) is 1. The third-order valence-corrected chi connectivity index (χ3v) is 5.52. The Morgan fingerprint density at radius 2 is 1.75 bits per heavy atom. The summed E-state index contributed by atoms with van der Waals surface area (Å²) < 4.78 is 11.4. The number of anilines is 1. The normalized spacial score (nSPS) is 10.8. The zero-order chi connectivity index (χ0) is 22.8. The van der Waals surface area contributed by atoms with Crippen LogP contribution in [0.25, 0.3) is 22.6 Å². The lowest BCUT2D eigenvalue weighted by molar-refractivity contribution is 0.0977. The predicted octanol–water partition coefficient (Wildman–Crippen LogP) is 5.56. The van der Waals surface area contributed by atoms with Crippen LogP contribution in [0.3, 0.4) is 0 Å². The van der Waals surface area contributed by atoms with Crippen molar-refractivity contribution in [3.8, 4) is 17.2 Å². The lowest BCUT2D eigenvalue weighted by Crippen LogP contribution is -2.34. The van der Waals surface area contributed by atoms with Crippen LogP contribution in [0.5, 0.6) is 5.75 Å². The van der Waals surface area contributed by atoms with E-state index < -0.39 is 0 Å². The Kier molecular flexibility index (Phi) is 5.92. The molecule has 0 aliphatic heterocycles. The van der Waals surface area contributed by atoms with Crippen LogP contribution < -0.4 is 15.4 Å². The molecule has 0 aliphatic carbocycles. The van der Waals surface area contributed by atoms with E-state index in [1.165, 1.54) is 0 Å². The van der Waals surface area contributed by atoms with Gasteiger partial charge in [-0.2, -0.15) is 0 Å². The Hall–Kier alpha value is -3.71. The van der Waals surface area contributed by atoms with Gasteiger partial charge in [-0.25, -0.2) is 4.98 Å². The van der Waals surface area contributed by atoms with Crippen molar-refractivity contribution in [3.63, 3.8) is 0 Å². The SMILES string of the molecule is COc1ccc(-c2nc3cc(C)c(C)cc3o2)cc1NC(=S)NC(=O)c1ccccc1C. The molecule has 0 unspecified atom stereocenters. The largest absolute Gasteiger partial charge is 0.495 e. The van der Waals surface area contributed by atoms with E-state index in [4.69, 9.17) is 21.4 Å². The van der Waals surface area contributed by atoms with E-state index >= 15 is 0 Å². The minimum atomic E-state index is -0.277. The minimum absolute atomic E-state index is 0.164. The number of carbonyl (C=O) groups excluding carboxylic acids is 1. The quantitative estimate of drug-likeness (QED) is 0.401. The van der Waals surface area contributed by atoms with Crippen molar-refractivity contribution in [2.45, 2.75) is 20.8 Å². The number of nitrogens with one attached hydrogen (secondary N) is 2. The van der Waals surface area contributed by atoms with Gasteiger partial charge in [0.05, 0.1) is 12.8 Å². The number of oxazole rings is 1. The summed E-state index contributed by atoms with van der Waals surface area (Å²) >= 11 is 5.37. The van der Waals surface area contributed by atoms with Crippen molar-refractivity contribution in [2.75, 3.05) is 12.4 Å². The van der Waals surface area contributed by atoms with E-state index in [2.05, 4.69) is 15.6 Å². The molecule has 4 rings (SSSR count). The van der Waals surface area contributed by atoms with E-state index in [1.807, 2.05) is 63.2 Å². The Morgan fingerprint density at radius 1 is 1.00 bits per heavy atom. The molecule has 1 aromatic heterocycles. The van der Waals surface area contributed by atoms with Crippen LogP contribution in [0.1, 0.15) is 27.0 Å². The second-order valence-corrected chi connectivity index (χ2v) is 7.97. The van der Waals surface area contributed by atoms with E-state index in [1.54, 1.807) is 19.2 Å². The van der Waals surface area contributed by atoms with Crippen LogP contribution in [-0.4, -0.2) is 23.1 Å². The van der Waals surface area contributed by atoms with Crippen molar-refractivity contribution in [1.82, 2.24) is 10.3 Å². The fraction of sp³-hybridized carbons (Fsp3) is 0.160. The summed E-state index contributed by atoms with van der Waals surface area (Å²) in [5.41, 5.74) is 6.62. The van der Waals surface area contributed by atoms with Gasteiger partial charge in [0.25, 0.3) is 5.91 Å². The van der Waals surface area contributed by atoms with Gasteiger partial charge in [-0.1, -0.05) is 18.2 Å². The number of fused-ring (bicyclic) bond motifs is 1. The molecule has 0 spiro atoms. The van der Waals surface area contributed by atoms with E-state index in [-0.39, 0.29) is 11.0 Å². The van der Waals surface area contributed by atoms with Crippen LogP contribution in [0.2, 0.25) is 0 Å². The molecule has 162 valence electrons. The molecular weight excluding hydrogens is 422 g/mol. The lowest BCUT2D eigenvalue weighted by atomic mass is 10.1. The van der Waals surface area contributed by atoms with Crippen molar-refractivity contribution in [1.29, 1.82) is 0 Å². The molecule has 0 aliphatic rings. The first kappa shape index (κ1) is 21.5. The zero-order valence-electron chi connectivity index (χ0n) is 18.3. The number of ether oxygens (including phenoxy) is 1. The first-order chi connectivity index (χ1) is 15.4. The number of hydrogen-bond acceptors (Lipinski definition) is 5. The number of hydrogen-bond donors (Lipinski definition) is 2. The lowest BCUT2D eigenvalue weighted by Gasteiger charge is -2.14. The maximum atomic E-state index is 12.6. The van der Waals surface area contributed by atoms with Crippen molar-refractivity contribution >= 4 is 40.0 Å². The molecule has 1 amide bonds. The van der Waals surface area contributed by atoms with Gasteiger partial charge >= 0.3 is 0 Å². The molecule has 4 aromatic rings. The number of benzene rings is 3. The highest BCUT2D eigenvalue weighted by Crippen LogP contribution is 2.32. The number of aryl methyl sites for hydroxylation is 3. The second-order valence-electron chi connectivity index (χ2n) is 7.56. The average Bonchev–Trinajstić information content (AvgIpc) is 3.16. The number of methoxy groups -OCH3 is 1. The molecule has 0 atom stereocenters. The van der Waals surface area contributed by atoms with Crippen molar-refractivity contribution in [2.24, 2.45) is 0 Å². The summed E-state index contributed by atoms with van der Waals surface area (Å²) in [6, 6.07) is 16.8. The van der Waals surface area contributed by atoms with Gasteiger partial charge < -0.3 is 14.5 Å². The molecular formula is C25H23N3O3S. The molecule has 0 saturated heterocycles. The summed E-state index contributed by atoms with van der Waals surface area (Å²) in [5.74, 6) is 0.787. The molecule has 1 heterocycles. The molecule has 0 bridgehead atoms. The summed E-state index contributed by atoms with van der Waals surface area (Å²) in [5, 5.41) is 5.93. The fourth-order valence-corrected chi connectivity index (χ4v) is 3.60. The summed E-state index contributed by atoms with van der Waals surface area (Å²) in [6.07, 6.45) is 0. The molecule has 3 aromatic carbocycles. The molecule has 2 N–H and O–H groups in total. The zero-order valence-corrected chi connectivity index (χ0v) is 19.1. The van der Waals surface area contributed by atoms with Crippen LogP contribution in [0, 0.1) is 20.8 Å². The van der Waals surface area contributed by atoms with Gasteiger partial charge in [0.15, 0.2) is 10.7 Å². The van der Waals surface area contributed by atoms with Crippen LogP contribution >= 0.6 is 12.2 Å². The smallest absolute Gasteiger partial charge is 0.257 e. The number of aromatic nitrogens is 1. The van der Waals surface area contributed by atoms with Crippen molar-refractivity contribution in [3.05, 3.63) is 76.9 Å². The Labute approximate surface area is 191 Å². The maximum Gasteiger partial charge on any atom is 0.257 e. The topological polar surface area (TPSA) is 76.4 Å². The number of carbonyl (C=O) groups is 1. The summed E-state index contributed by atoms with van der Waals surface area (Å²) in [7, 11) is 1.57. The summed E-state index contributed by atoms with van der Waals surface area (Å²) in [4.78, 5) is 17.2. The van der Waals surface area contributed by atoms with Gasteiger partial charge in [0.2, 0.25) is 5.89 Å². The van der Waals surface area contributed by atoms with Gasteiger partial charge in [0.1, 0.15) is 11.3 Å².